The number of aromatic nitrogens is 4. The van der Waals surface area contributed by atoms with Crippen LogP contribution in [0.15, 0.2) is 30.6 Å². The van der Waals surface area contributed by atoms with Crippen LogP contribution < -0.4 is 5.32 Å². The van der Waals surface area contributed by atoms with Crippen LogP contribution in [-0.4, -0.2) is 43.5 Å². The summed E-state index contributed by atoms with van der Waals surface area (Å²) in [5, 5.41) is 11.8. The summed E-state index contributed by atoms with van der Waals surface area (Å²) in [6.07, 6.45) is -7.54. The minimum atomic E-state index is -4.88. The largest absolute Gasteiger partial charge is 0.451 e. The van der Waals surface area contributed by atoms with Gasteiger partial charge in [0, 0.05) is 18.5 Å². The highest BCUT2D eigenvalue weighted by Crippen LogP contribution is 2.35. The molecular formula is C18H16F5N5O2. The van der Waals surface area contributed by atoms with E-state index in [1.807, 2.05) is 0 Å². The van der Waals surface area contributed by atoms with Gasteiger partial charge in [-0.25, -0.2) is 23.7 Å². The number of benzene rings is 1. The second kappa shape index (κ2) is 7.76. The van der Waals surface area contributed by atoms with Gasteiger partial charge in [-0.05, 0) is 6.07 Å². The van der Waals surface area contributed by atoms with Gasteiger partial charge in [-0.2, -0.15) is 13.2 Å². The van der Waals surface area contributed by atoms with Crippen molar-refractivity contribution in [2.24, 2.45) is 0 Å². The van der Waals surface area contributed by atoms with Gasteiger partial charge < -0.3 is 15.2 Å². The molecule has 0 amide bonds. The van der Waals surface area contributed by atoms with Gasteiger partial charge in [0.2, 0.25) is 5.82 Å². The van der Waals surface area contributed by atoms with Gasteiger partial charge in [0.05, 0.1) is 19.0 Å². The number of imidazole rings is 1. The van der Waals surface area contributed by atoms with Crippen LogP contribution in [-0.2, 0) is 17.5 Å². The Bertz CT molecular complexity index is 1060. The van der Waals surface area contributed by atoms with Crippen LogP contribution in [0.4, 0.5) is 27.8 Å². The van der Waals surface area contributed by atoms with E-state index in [0.717, 1.165) is 10.9 Å². The van der Waals surface area contributed by atoms with Crippen molar-refractivity contribution < 1.29 is 31.8 Å². The molecule has 3 unspecified atom stereocenters. The number of fused-ring (bicyclic) bond motifs is 1. The van der Waals surface area contributed by atoms with Crippen molar-refractivity contribution in [2.45, 2.75) is 37.6 Å². The zero-order valence-electron chi connectivity index (χ0n) is 15.3. The molecule has 3 heterocycles. The first-order valence-corrected chi connectivity index (χ1v) is 8.97. The molecule has 1 aliphatic heterocycles. The Balaban J connectivity index is 1.75. The number of rotatable bonds is 5. The summed E-state index contributed by atoms with van der Waals surface area (Å²) in [5.74, 6) is -2.27. The van der Waals surface area contributed by atoms with E-state index in [0.29, 0.717) is 0 Å². The average Bonchev–Trinajstić information content (AvgIpc) is 3.29. The number of hydrogen-bond donors (Lipinski definition) is 2. The maximum absolute atomic E-state index is 14.4. The van der Waals surface area contributed by atoms with Crippen LogP contribution in [0, 0.1) is 5.82 Å². The predicted octanol–water partition coefficient (Wildman–Crippen LogP) is 3.21. The Hall–Kier alpha value is -2.86. The SMILES string of the molecule is OCC1CC(F)C(n2cnc3c(NCc4ccccc4F)nc(C(F)(F)F)nc32)O1. The zero-order valence-corrected chi connectivity index (χ0v) is 15.3. The van der Waals surface area contributed by atoms with Gasteiger partial charge in [0.15, 0.2) is 23.2 Å². The van der Waals surface area contributed by atoms with Crippen molar-refractivity contribution in [1.29, 1.82) is 0 Å². The van der Waals surface area contributed by atoms with Crippen molar-refractivity contribution in [2.75, 3.05) is 11.9 Å². The zero-order chi connectivity index (χ0) is 21.5. The highest BCUT2D eigenvalue weighted by atomic mass is 19.4. The number of aliphatic hydroxyl groups is 1. The van der Waals surface area contributed by atoms with Crippen molar-refractivity contribution in [3.63, 3.8) is 0 Å². The topological polar surface area (TPSA) is 85.1 Å². The minimum Gasteiger partial charge on any atom is -0.394 e. The van der Waals surface area contributed by atoms with Gasteiger partial charge in [-0.15, -0.1) is 0 Å². The van der Waals surface area contributed by atoms with Crippen LogP contribution >= 0.6 is 0 Å². The molecule has 0 radical (unpaired) electrons. The lowest BCUT2D eigenvalue weighted by Crippen LogP contribution is -2.19. The summed E-state index contributed by atoms with van der Waals surface area (Å²) in [5.41, 5.74) is -0.131. The van der Waals surface area contributed by atoms with Crippen LogP contribution in [0.25, 0.3) is 11.2 Å². The summed E-state index contributed by atoms with van der Waals surface area (Å²) in [7, 11) is 0. The van der Waals surface area contributed by atoms with Crippen molar-refractivity contribution in [3.05, 3.63) is 47.8 Å². The average molecular weight is 429 g/mol. The molecule has 4 rings (SSSR count). The smallest absolute Gasteiger partial charge is 0.394 e. The summed E-state index contributed by atoms with van der Waals surface area (Å²) in [4.78, 5) is 11.0. The van der Waals surface area contributed by atoms with Crippen LogP contribution in [0.2, 0.25) is 0 Å². The summed E-state index contributed by atoms with van der Waals surface area (Å²) in [6, 6.07) is 5.76. The van der Waals surface area contributed by atoms with E-state index in [-0.39, 0.29) is 35.5 Å². The minimum absolute atomic E-state index is 0.0532. The molecule has 12 heteroatoms. The molecule has 0 spiro atoms. The van der Waals surface area contributed by atoms with Crippen molar-refractivity contribution >= 4 is 17.0 Å². The molecule has 2 N–H and O–H groups in total. The Morgan fingerprint density at radius 2 is 2.00 bits per heavy atom. The summed E-state index contributed by atoms with van der Waals surface area (Å²) in [6.45, 7) is -0.580. The molecule has 30 heavy (non-hydrogen) atoms. The number of alkyl halides is 4. The maximum Gasteiger partial charge on any atom is 0.451 e. The second-order valence-corrected chi connectivity index (χ2v) is 6.75. The highest BCUT2D eigenvalue weighted by Gasteiger charge is 2.40. The number of anilines is 1. The van der Waals surface area contributed by atoms with Crippen LogP contribution in [0.5, 0.6) is 0 Å². The van der Waals surface area contributed by atoms with E-state index < -0.39 is 42.9 Å². The molecule has 3 aromatic rings. The number of nitrogens with zero attached hydrogens (tertiary/aromatic N) is 4. The molecule has 1 saturated heterocycles. The fraction of sp³-hybridized carbons (Fsp3) is 0.389. The Morgan fingerprint density at radius 3 is 2.67 bits per heavy atom. The normalized spacial score (nSPS) is 22.0. The van der Waals surface area contributed by atoms with Gasteiger partial charge in [0.1, 0.15) is 12.0 Å². The van der Waals surface area contributed by atoms with Gasteiger partial charge in [0.25, 0.3) is 0 Å². The Kier molecular flexibility index (Phi) is 5.28. The summed E-state index contributed by atoms with van der Waals surface area (Å²) >= 11 is 0. The summed E-state index contributed by atoms with van der Waals surface area (Å²) < 4.78 is 74.7. The fourth-order valence-corrected chi connectivity index (χ4v) is 3.24. The third kappa shape index (κ3) is 3.79. The number of aliphatic hydroxyl groups excluding tert-OH is 1. The van der Waals surface area contributed by atoms with E-state index in [9.17, 15) is 27.1 Å². The van der Waals surface area contributed by atoms with Crippen molar-refractivity contribution in [1.82, 2.24) is 19.5 Å². The van der Waals surface area contributed by atoms with E-state index >= 15 is 0 Å². The first-order valence-electron chi connectivity index (χ1n) is 8.97. The second-order valence-electron chi connectivity index (χ2n) is 6.75. The molecule has 0 bridgehead atoms. The van der Waals surface area contributed by atoms with E-state index in [1.165, 1.54) is 18.2 Å². The van der Waals surface area contributed by atoms with Crippen LogP contribution in [0.1, 0.15) is 24.0 Å². The molecule has 1 fully saturated rings. The lowest BCUT2D eigenvalue weighted by atomic mass is 10.2. The van der Waals surface area contributed by atoms with E-state index in [1.54, 1.807) is 6.07 Å². The molecule has 7 nitrogen and oxygen atoms in total. The third-order valence-corrected chi connectivity index (χ3v) is 4.69. The number of nitrogens with one attached hydrogen (secondary N) is 1. The lowest BCUT2D eigenvalue weighted by Gasteiger charge is -2.16. The standard InChI is InChI=1S/C18H16F5N5O2/c19-11-4-2-1-3-9(11)6-24-14-13-15(27-17(26-14)18(21,22)23)28(8-25-13)16-12(20)5-10(7-29)30-16/h1-4,8,10,12,16,29H,5-7H2,(H,24,26,27). The fourth-order valence-electron chi connectivity index (χ4n) is 3.24. The predicted molar refractivity (Wildman–Crippen MR) is 94.6 cm³/mol. The molecule has 160 valence electrons. The third-order valence-electron chi connectivity index (χ3n) is 4.69. The molecule has 1 aromatic carbocycles. The maximum atomic E-state index is 14.4. The highest BCUT2D eigenvalue weighted by molar-refractivity contribution is 5.83. The van der Waals surface area contributed by atoms with Gasteiger partial charge in [-0.1, -0.05) is 18.2 Å². The Labute approximate surface area is 166 Å². The number of ether oxygens (including phenoxy) is 1. The van der Waals surface area contributed by atoms with Gasteiger partial charge >= 0.3 is 6.18 Å². The monoisotopic (exact) mass is 429 g/mol. The first kappa shape index (κ1) is 20.4. The molecule has 3 atom stereocenters. The quantitative estimate of drug-likeness (QED) is 0.606. The van der Waals surface area contributed by atoms with Crippen molar-refractivity contribution in [3.8, 4) is 0 Å². The molecule has 2 aromatic heterocycles. The first-order chi connectivity index (χ1) is 14.3. The molecule has 0 saturated carbocycles. The molecular weight excluding hydrogens is 413 g/mol. The molecule has 1 aliphatic rings. The molecule has 0 aliphatic carbocycles. The van der Waals surface area contributed by atoms with E-state index in [4.69, 9.17) is 4.74 Å². The van der Waals surface area contributed by atoms with Gasteiger partial charge in [-0.3, -0.25) is 4.57 Å². The van der Waals surface area contributed by atoms with E-state index in [2.05, 4.69) is 20.3 Å². The number of hydrogen-bond acceptors (Lipinski definition) is 6. The van der Waals surface area contributed by atoms with Crippen LogP contribution in [0.3, 0.4) is 0 Å². The lowest BCUT2D eigenvalue weighted by molar-refractivity contribution is -0.144. The number of halogens is 5. The Morgan fingerprint density at radius 1 is 1.23 bits per heavy atom.